The highest BCUT2D eigenvalue weighted by Crippen LogP contribution is 2.24. The summed E-state index contributed by atoms with van der Waals surface area (Å²) < 4.78 is 1.93. The standard InChI is InChI=1S/C17H12N4O2S/c22-17(23)15-7-19-16(24-15)14-9-21(10-20-14)8-11-5-12-3-1-2-4-13(12)18-6-11/h1-7,9-10H,8H2,(H,22,23). The van der Waals surface area contributed by atoms with Crippen LogP contribution in [0.3, 0.4) is 0 Å². The molecular formula is C17H12N4O2S. The normalized spacial score (nSPS) is 11.0. The molecule has 0 aliphatic heterocycles. The maximum atomic E-state index is 10.9. The Bertz CT molecular complexity index is 1040. The van der Waals surface area contributed by atoms with Crippen molar-refractivity contribution in [2.75, 3.05) is 0 Å². The molecule has 0 saturated carbocycles. The number of aromatic carboxylic acids is 1. The Morgan fingerprint density at radius 1 is 1.17 bits per heavy atom. The van der Waals surface area contributed by atoms with Gasteiger partial charge in [0.2, 0.25) is 0 Å². The lowest BCUT2D eigenvalue weighted by Crippen LogP contribution is -1.97. The molecule has 0 saturated heterocycles. The van der Waals surface area contributed by atoms with Gasteiger partial charge in [-0.3, -0.25) is 4.98 Å². The summed E-state index contributed by atoms with van der Waals surface area (Å²) >= 11 is 1.12. The molecule has 0 aliphatic rings. The molecule has 7 heteroatoms. The van der Waals surface area contributed by atoms with E-state index in [4.69, 9.17) is 5.11 Å². The Balaban J connectivity index is 1.58. The van der Waals surface area contributed by atoms with Crippen molar-refractivity contribution in [3.8, 4) is 10.7 Å². The first-order chi connectivity index (χ1) is 11.7. The van der Waals surface area contributed by atoms with Crippen molar-refractivity contribution in [1.29, 1.82) is 0 Å². The summed E-state index contributed by atoms with van der Waals surface area (Å²) in [6.07, 6.45) is 6.79. The van der Waals surface area contributed by atoms with Gasteiger partial charge < -0.3 is 9.67 Å². The molecule has 0 unspecified atom stereocenters. The number of hydrogen-bond donors (Lipinski definition) is 1. The predicted molar refractivity (Wildman–Crippen MR) is 91.1 cm³/mol. The van der Waals surface area contributed by atoms with Crippen LogP contribution in [-0.2, 0) is 6.54 Å². The van der Waals surface area contributed by atoms with Crippen LogP contribution < -0.4 is 0 Å². The van der Waals surface area contributed by atoms with Crippen molar-refractivity contribution in [2.45, 2.75) is 6.54 Å². The van der Waals surface area contributed by atoms with Gasteiger partial charge >= 0.3 is 5.97 Å². The summed E-state index contributed by atoms with van der Waals surface area (Å²) in [5, 5.41) is 10.7. The third-order valence-corrected chi connectivity index (χ3v) is 4.59. The molecule has 4 rings (SSSR count). The van der Waals surface area contributed by atoms with E-state index in [1.165, 1.54) is 6.20 Å². The van der Waals surface area contributed by atoms with Crippen molar-refractivity contribution in [2.24, 2.45) is 0 Å². The van der Waals surface area contributed by atoms with Crippen LogP contribution in [0, 0.1) is 0 Å². The van der Waals surface area contributed by atoms with Gasteiger partial charge in [-0.15, -0.1) is 11.3 Å². The number of nitrogens with zero attached hydrogens (tertiary/aromatic N) is 4. The highest BCUT2D eigenvalue weighted by atomic mass is 32.1. The summed E-state index contributed by atoms with van der Waals surface area (Å²) in [5.74, 6) is -0.972. The third kappa shape index (κ3) is 2.77. The molecule has 0 amide bonds. The maximum Gasteiger partial charge on any atom is 0.347 e. The maximum absolute atomic E-state index is 10.9. The van der Waals surface area contributed by atoms with Gasteiger partial charge in [0.15, 0.2) is 0 Å². The van der Waals surface area contributed by atoms with Gasteiger partial charge in [0.1, 0.15) is 15.6 Å². The van der Waals surface area contributed by atoms with Crippen LogP contribution in [0.2, 0.25) is 0 Å². The molecule has 0 bridgehead atoms. The number of hydrogen-bond acceptors (Lipinski definition) is 5. The molecule has 0 spiro atoms. The largest absolute Gasteiger partial charge is 0.477 e. The van der Waals surface area contributed by atoms with Crippen molar-refractivity contribution in [1.82, 2.24) is 19.5 Å². The lowest BCUT2D eigenvalue weighted by Gasteiger charge is -2.03. The lowest BCUT2D eigenvalue weighted by atomic mass is 10.1. The first-order valence-corrected chi connectivity index (χ1v) is 8.05. The minimum atomic E-state index is -0.972. The second-order valence-electron chi connectivity index (χ2n) is 5.30. The van der Waals surface area contributed by atoms with Crippen molar-refractivity contribution >= 4 is 28.2 Å². The molecule has 4 aromatic rings. The van der Waals surface area contributed by atoms with Gasteiger partial charge in [-0.05, 0) is 17.7 Å². The van der Waals surface area contributed by atoms with Crippen molar-refractivity contribution in [3.63, 3.8) is 0 Å². The van der Waals surface area contributed by atoms with Crippen LogP contribution >= 0.6 is 11.3 Å². The first kappa shape index (κ1) is 14.5. The fourth-order valence-electron chi connectivity index (χ4n) is 2.46. The van der Waals surface area contributed by atoms with E-state index in [0.29, 0.717) is 17.2 Å². The zero-order valence-electron chi connectivity index (χ0n) is 12.5. The van der Waals surface area contributed by atoms with Crippen molar-refractivity contribution in [3.05, 3.63) is 65.7 Å². The molecule has 0 atom stereocenters. The molecule has 0 fully saturated rings. The van der Waals surface area contributed by atoms with E-state index in [9.17, 15) is 4.79 Å². The molecule has 24 heavy (non-hydrogen) atoms. The van der Waals surface area contributed by atoms with Crippen LogP contribution in [0.25, 0.3) is 21.6 Å². The first-order valence-electron chi connectivity index (χ1n) is 7.24. The summed E-state index contributed by atoms with van der Waals surface area (Å²) in [6, 6.07) is 10.1. The van der Waals surface area contributed by atoms with Gasteiger partial charge in [-0.2, -0.15) is 0 Å². The highest BCUT2D eigenvalue weighted by Gasteiger charge is 2.12. The monoisotopic (exact) mass is 336 g/mol. The number of pyridine rings is 1. The van der Waals surface area contributed by atoms with Crippen molar-refractivity contribution < 1.29 is 9.90 Å². The zero-order chi connectivity index (χ0) is 16.5. The molecule has 0 aliphatic carbocycles. The third-order valence-electron chi connectivity index (χ3n) is 3.58. The highest BCUT2D eigenvalue weighted by molar-refractivity contribution is 7.16. The summed E-state index contributed by atoms with van der Waals surface area (Å²) in [7, 11) is 0. The molecule has 1 N–H and O–H groups in total. The molecule has 3 heterocycles. The van der Waals surface area contributed by atoms with E-state index in [1.807, 2.05) is 41.2 Å². The Morgan fingerprint density at radius 2 is 2.04 bits per heavy atom. The fraction of sp³-hybridized carbons (Fsp3) is 0.0588. The Kier molecular flexibility index (Phi) is 3.55. The van der Waals surface area contributed by atoms with Crippen LogP contribution in [0.5, 0.6) is 0 Å². The van der Waals surface area contributed by atoms with Crippen LogP contribution in [0.15, 0.2) is 55.2 Å². The number of aromatic nitrogens is 4. The van der Waals surface area contributed by atoms with E-state index < -0.39 is 5.97 Å². The van der Waals surface area contributed by atoms with Gasteiger partial charge in [0.25, 0.3) is 0 Å². The van der Waals surface area contributed by atoms with Gasteiger partial charge in [-0.25, -0.2) is 14.8 Å². The average Bonchev–Trinajstić information content (AvgIpc) is 3.24. The second kappa shape index (κ2) is 5.86. The fourth-order valence-corrected chi connectivity index (χ4v) is 3.18. The number of imidazole rings is 1. The molecule has 118 valence electrons. The van der Waals surface area contributed by atoms with E-state index in [0.717, 1.165) is 27.8 Å². The average molecular weight is 336 g/mol. The smallest absolute Gasteiger partial charge is 0.347 e. The second-order valence-corrected chi connectivity index (χ2v) is 6.33. The number of carboxylic acids is 1. The quantitative estimate of drug-likeness (QED) is 0.618. The Hall–Kier alpha value is -3.06. The van der Waals surface area contributed by atoms with E-state index in [-0.39, 0.29) is 4.88 Å². The molecule has 1 aromatic carbocycles. The predicted octanol–water partition coefficient (Wildman–Crippen LogP) is 3.30. The number of thiazole rings is 1. The number of carbonyl (C=O) groups is 1. The van der Waals surface area contributed by atoms with Crippen LogP contribution in [0.1, 0.15) is 15.2 Å². The Labute approximate surface area is 141 Å². The lowest BCUT2D eigenvalue weighted by molar-refractivity contribution is 0.0702. The number of rotatable bonds is 4. The molecular weight excluding hydrogens is 324 g/mol. The van der Waals surface area contributed by atoms with E-state index in [1.54, 1.807) is 6.33 Å². The summed E-state index contributed by atoms with van der Waals surface area (Å²) in [6.45, 7) is 0.641. The Morgan fingerprint density at radius 3 is 2.88 bits per heavy atom. The minimum Gasteiger partial charge on any atom is -0.477 e. The number of carboxylic acid groups (broad SMARTS) is 1. The van der Waals surface area contributed by atoms with Gasteiger partial charge in [0.05, 0.1) is 24.6 Å². The zero-order valence-corrected chi connectivity index (χ0v) is 13.3. The number of benzene rings is 1. The van der Waals surface area contributed by atoms with Crippen LogP contribution in [-0.4, -0.2) is 30.6 Å². The molecule has 6 nitrogen and oxygen atoms in total. The molecule has 0 radical (unpaired) electrons. The summed E-state index contributed by atoms with van der Waals surface area (Å²) in [4.78, 5) is 24.0. The number of para-hydroxylation sites is 1. The van der Waals surface area contributed by atoms with E-state index >= 15 is 0 Å². The van der Waals surface area contributed by atoms with Crippen LogP contribution in [0.4, 0.5) is 0 Å². The SMILES string of the molecule is O=C(O)c1cnc(-c2cn(Cc3cnc4ccccc4c3)cn2)s1. The molecule has 3 aromatic heterocycles. The van der Waals surface area contributed by atoms with Gasteiger partial charge in [0, 0.05) is 17.8 Å². The van der Waals surface area contributed by atoms with E-state index in [2.05, 4.69) is 21.0 Å². The summed E-state index contributed by atoms with van der Waals surface area (Å²) in [5.41, 5.74) is 2.71. The topological polar surface area (TPSA) is 80.9 Å². The minimum absolute atomic E-state index is 0.207. The number of fused-ring (bicyclic) bond motifs is 1. The van der Waals surface area contributed by atoms with Gasteiger partial charge in [-0.1, -0.05) is 18.2 Å².